The summed E-state index contributed by atoms with van der Waals surface area (Å²) in [5, 5.41) is 16.1. The molecule has 6 nitrogen and oxygen atoms in total. The largest absolute Gasteiger partial charge is 0.310 e. The number of nitrogens with one attached hydrogen (secondary N) is 1. The zero-order valence-electron chi connectivity index (χ0n) is 12.6. The van der Waals surface area contributed by atoms with Crippen LogP contribution >= 0.6 is 0 Å². The van der Waals surface area contributed by atoms with Crippen LogP contribution in [0.25, 0.3) is 0 Å². The van der Waals surface area contributed by atoms with Crippen molar-refractivity contribution in [1.82, 2.24) is 30.3 Å². The summed E-state index contributed by atoms with van der Waals surface area (Å²) in [5.41, 5.74) is 3.20. The maximum absolute atomic E-state index is 4.32. The van der Waals surface area contributed by atoms with E-state index in [4.69, 9.17) is 0 Å². The van der Waals surface area contributed by atoms with Crippen LogP contribution in [0.3, 0.4) is 0 Å². The standard InChI is InChI=1S/C14H22N6/c1-5-12-11(7-10(3)18-19-12)13(15-6-2)8-14-16-9-17-20(14)4/h7,9,13,15H,5-6,8H2,1-4H3. The smallest absolute Gasteiger partial charge is 0.138 e. The second-order valence-electron chi connectivity index (χ2n) is 4.86. The predicted octanol–water partition coefficient (Wildman–Crippen LogP) is 1.37. The molecular formula is C14H22N6. The van der Waals surface area contributed by atoms with Crippen LogP contribution in [-0.2, 0) is 19.9 Å². The Balaban J connectivity index is 2.33. The van der Waals surface area contributed by atoms with E-state index < -0.39 is 0 Å². The van der Waals surface area contributed by atoms with Gasteiger partial charge in [0.2, 0.25) is 0 Å². The van der Waals surface area contributed by atoms with Crippen molar-refractivity contribution in [3.05, 3.63) is 35.2 Å². The summed E-state index contributed by atoms with van der Waals surface area (Å²) < 4.78 is 1.82. The minimum atomic E-state index is 0.187. The summed E-state index contributed by atoms with van der Waals surface area (Å²) in [6.45, 7) is 7.08. The maximum Gasteiger partial charge on any atom is 0.138 e. The fourth-order valence-electron chi connectivity index (χ4n) is 2.34. The number of rotatable bonds is 6. The molecule has 108 valence electrons. The highest BCUT2D eigenvalue weighted by Gasteiger charge is 2.18. The van der Waals surface area contributed by atoms with Crippen molar-refractivity contribution >= 4 is 0 Å². The van der Waals surface area contributed by atoms with Gasteiger partial charge >= 0.3 is 0 Å². The molecule has 0 spiro atoms. The first-order chi connectivity index (χ1) is 9.65. The van der Waals surface area contributed by atoms with E-state index in [2.05, 4.69) is 45.5 Å². The molecule has 6 heteroatoms. The summed E-state index contributed by atoms with van der Waals surface area (Å²) in [7, 11) is 1.92. The molecule has 2 aromatic rings. The molecule has 0 aliphatic heterocycles. The first kappa shape index (κ1) is 14.6. The molecule has 20 heavy (non-hydrogen) atoms. The molecular weight excluding hydrogens is 252 g/mol. The SMILES string of the molecule is CCNC(Cc1ncnn1C)c1cc(C)nnc1CC. The molecule has 0 saturated heterocycles. The molecule has 0 aliphatic rings. The third kappa shape index (κ3) is 3.19. The Hall–Kier alpha value is -1.82. The average molecular weight is 274 g/mol. The van der Waals surface area contributed by atoms with E-state index in [1.165, 1.54) is 5.56 Å². The van der Waals surface area contributed by atoms with Gasteiger partial charge in [0.1, 0.15) is 12.2 Å². The molecule has 0 fully saturated rings. The molecule has 1 atom stereocenters. The Morgan fingerprint density at radius 1 is 1.30 bits per heavy atom. The number of hydrogen-bond acceptors (Lipinski definition) is 5. The predicted molar refractivity (Wildman–Crippen MR) is 77.3 cm³/mol. The van der Waals surface area contributed by atoms with E-state index in [0.29, 0.717) is 0 Å². The third-order valence-electron chi connectivity index (χ3n) is 3.38. The Morgan fingerprint density at radius 2 is 2.10 bits per heavy atom. The van der Waals surface area contributed by atoms with Gasteiger partial charge in [0.05, 0.1) is 11.4 Å². The van der Waals surface area contributed by atoms with E-state index in [-0.39, 0.29) is 6.04 Å². The molecule has 0 amide bonds. The van der Waals surface area contributed by atoms with Gasteiger partial charge in [0.25, 0.3) is 0 Å². The van der Waals surface area contributed by atoms with Gasteiger partial charge < -0.3 is 5.32 Å². The van der Waals surface area contributed by atoms with Gasteiger partial charge in [-0.15, -0.1) is 0 Å². The van der Waals surface area contributed by atoms with Crippen LogP contribution in [0.2, 0.25) is 0 Å². The summed E-state index contributed by atoms with van der Waals surface area (Å²) in [4.78, 5) is 4.32. The Kier molecular flexibility index (Phi) is 4.79. The van der Waals surface area contributed by atoms with E-state index in [1.54, 1.807) is 6.33 Å². The van der Waals surface area contributed by atoms with Crippen LogP contribution in [0.1, 0.15) is 42.7 Å². The fourth-order valence-corrected chi connectivity index (χ4v) is 2.34. The lowest BCUT2D eigenvalue weighted by Gasteiger charge is -2.20. The van der Waals surface area contributed by atoms with Crippen LogP contribution in [0.15, 0.2) is 12.4 Å². The van der Waals surface area contributed by atoms with Crippen molar-refractivity contribution in [1.29, 1.82) is 0 Å². The Morgan fingerprint density at radius 3 is 2.70 bits per heavy atom. The minimum absolute atomic E-state index is 0.187. The van der Waals surface area contributed by atoms with Gasteiger partial charge in [-0.05, 0) is 31.5 Å². The highest BCUT2D eigenvalue weighted by Crippen LogP contribution is 2.21. The third-order valence-corrected chi connectivity index (χ3v) is 3.38. The molecule has 2 aromatic heterocycles. The average Bonchev–Trinajstić information content (AvgIpc) is 2.84. The lowest BCUT2D eigenvalue weighted by atomic mass is 10.00. The summed E-state index contributed by atoms with van der Waals surface area (Å²) in [6.07, 6.45) is 3.26. The molecule has 0 aliphatic carbocycles. The van der Waals surface area contributed by atoms with Crippen LogP contribution in [0, 0.1) is 6.92 Å². The van der Waals surface area contributed by atoms with Crippen molar-refractivity contribution in [2.45, 2.75) is 39.7 Å². The molecule has 0 saturated carbocycles. The quantitative estimate of drug-likeness (QED) is 0.861. The second kappa shape index (κ2) is 6.56. The molecule has 0 aromatic carbocycles. The lowest BCUT2D eigenvalue weighted by Crippen LogP contribution is -2.26. The van der Waals surface area contributed by atoms with Crippen molar-refractivity contribution < 1.29 is 0 Å². The molecule has 2 heterocycles. The first-order valence-corrected chi connectivity index (χ1v) is 7.05. The van der Waals surface area contributed by atoms with E-state index in [9.17, 15) is 0 Å². The van der Waals surface area contributed by atoms with Crippen LogP contribution in [0.5, 0.6) is 0 Å². The Bertz CT molecular complexity index is 563. The highest BCUT2D eigenvalue weighted by molar-refractivity contribution is 5.25. The molecule has 0 radical (unpaired) electrons. The highest BCUT2D eigenvalue weighted by atomic mass is 15.3. The molecule has 1 N–H and O–H groups in total. The van der Waals surface area contributed by atoms with E-state index in [0.717, 1.165) is 36.6 Å². The van der Waals surface area contributed by atoms with Crippen LogP contribution in [-0.4, -0.2) is 31.5 Å². The zero-order valence-corrected chi connectivity index (χ0v) is 12.6. The monoisotopic (exact) mass is 274 g/mol. The maximum atomic E-state index is 4.32. The van der Waals surface area contributed by atoms with Gasteiger partial charge in [-0.2, -0.15) is 15.3 Å². The van der Waals surface area contributed by atoms with Crippen molar-refractivity contribution in [2.24, 2.45) is 7.05 Å². The van der Waals surface area contributed by atoms with Crippen molar-refractivity contribution in [3.63, 3.8) is 0 Å². The van der Waals surface area contributed by atoms with Gasteiger partial charge in [-0.25, -0.2) is 4.98 Å². The molecule has 0 bridgehead atoms. The Labute approximate surface area is 119 Å². The van der Waals surface area contributed by atoms with E-state index >= 15 is 0 Å². The summed E-state index contributed by atoms with van der Waals surface area (Å²) in [6, 6.07) is 2.31. The van der Waals surface area contributed by atoms with Crippen molar-refractivity contribution in [2.75, 3.05) is 6.54 Å². The van der Waals surface area contributed by atoms with Gasteiger partial charge in [-0.1, -0.05) is 13.8 Å². The van der Waals surface area contributed by atoms with E-state index in [1.807, 2.05) is 18.7 Å². The van der Waals surface area contributed by atoms with Gasteiger partial charge in [-0.3, -0.25) is 4.68 Å². The van der Waals surface area contributed by atoms with Gasteiger partial charge in [0.15, 0.2) is 0 Å². The topological polar surface area (TPSA) is 68.5 Å². The minimum Gasteiger partial charge on any atom is -0.310 e. The second-order valence-corrected chi connectivity index (χ2v) is 4.86. The lowest BCUT2D eigenvalue weighted by molar-refractivity contribution is 0.514. The fraction of sp³-hybridized carbons (Fsp3) is 0.571. The van der Waals surface area contributed by atoms with Crippen LogP contribution in [0.4, 0.5) is 0 Å². The molecule has 2 rings (SSSR count). The van der Waals surface area contributed by atoms with Crippen molar-refractivity contribution in [3.8, 4) is 0 Å². The normalized spacial score (nSPS) is 12.6. The summed E-state index contributed by atoms with van der Waals surface area (Å²) in [5.74, 6) is 0.965. The van der Waals surface area contributed by atoms with Gasteiger partial charge in [0, 0.05) is 19.5 Å². The van der Waals surface area contributed by atoms with Crippen LogP contribution < -0.4 is 5.32 Å². The summed E-state index contributed by atoms with van der Waals surface area (Å²) >= 11 is 0. The molecule has 1 unspecified atom stereocenters. The number of nitrogens with zero attached hydrogens (tertiary/aromatic N) is 5. The zero-order chi connectivity index (χ0) is 14.5. The number of likely N-dealkylation sites (N-methyl/N-ethyl adjacent to an activating group) is 1. The number of aryl methyl sites for hydroxylation is 3. The first-order valence-electron chi connectivity index (χ1n) is 7.05. The number of aromatic nitrogens is 5. The number of hydrogen-bond donors (Lipinski definition) is 1.